The van der Waals surface area contributed by atoms with Crippen molar-refractivity contribution in [2.75, 3.05) is 19.8 Å². The quantitative estimate of drug-likeness (QED) is 0.0460. The third-order valence-corrected chi connectivity index (χ3v) is 6.60. The molecule has 0 spiro atoms. The Labute approximate surface area is 270 Å². The normalized spacial score (nSPS) is 19.6. The van der Waals surface area contributed by atoms with Crippen molar-refractivity contribution in [3.63, 3.8) is 0 Å². The molecule has 1 aliphatic heterocycles. The largest absolute Gasteiger partial charge is 0.509 e. The predicted octanol–water partition coefficient (Wildman–Crippen LogP) is -0.172. The Morgan fingerprint density at radius 1 is 0.688 bits per heavy atom. The summed E-state index contributed by atoms with van der Waals surface area (Å²) in [7, 11) is 0. The molecule has 3 unspecified atom stereocenters. The first kappa shape index (κ1) is 36.0. The second-order valence-corrected chi connectivity index (χ2v) is 9.95. The minimum atomic E-state index is -1.84. The van der Waals surface area contributed by atoms with Crippen LogP contribution < -0.4 is 16.0 Å². The number of nitrogens with one attached hydrogen (secondary N) is 3. The average molecular weight is 674 g/mol. The van der Waals surface area contributed by atoms with E-state index < -0.39 is 125 Å². The van der Waals surface area contributed by atoms with E-state index in [1.54, 1.807) is 0 Å². The van der Waals surface area contributed by atoms with Crippen molar-refractivity contribution in [1.82, 2.24) is 16.0 Å². The number of hydrogen-bond donors (Lipinski definition) is 9. The van der Waals surface area contributed by atoms with Gasteiger partial charge in [-0.25, -0.2) is 14.4 Å². The van der Waals surface area contributed by atoms with Crippen LogP contribution in [0.3, 0.4) is 0 Å². The van der Waals surface area contributed by atoms with Crippen molar-refractivity contribution in [3.05, 3.63) is 70.7 Å². The second-order valence-electron chi connectivity index (χ2n) is 9.95. The zero-order valence-electron chi connectivity index (χ0n) is 25.3. The number of amides is 3. The molecule has 256 valence electrons. The number of rotatable bonds is 7. The number of carbonyl (C=O) groups excluding carboxylic acids is 6. The number of ether oxygens (including phenoxy) is 3. The van der Waals surface area contributed by atoms with Gasteiger partial charge in [0.25, 0.3) is 17.7 Å². The fourth-order valence-corrected chi connectivity index (χ4v) is 4.01. The van der Waals surface area contributed by atoms with Crippen LogP contribution >= 0.6 is 0 Å². The summed E-state index contributed by atoms with van der Waals surface area (Å²) in [5.41, 5.74) is -1.47. The zero-order chi connectivity index (χ0) is 35.7. The molecule has 1 aliphatic rings. The molecule has 2 aromatic rings. The molecule has 0 bridgehead atoms. The highest BCUT2D eigenvalue weighted by Gasteiger charge is 2.35. The van der Waals surface area contributed by atoms with Gasteiger partial charge in [0.05, 0.1) is 16.7 Å². The van der Waals surface area contributed by atoms with Crippen LogP contribution in [0.4, 0.5) is 0 Å². The number of para-hydroxylation sites is 2. The maximum atomic E-state index is 13.1. The summed E-state index contributed by atoms with van der Waals surface area (Å²) in [6.45, 7) is -0.445. The molecule has 9 N–H and O–H groups in total. The van der Waals surface area contributed by atoms with Crippen LogP contribution in [-0.2, 0) is 33.4 Å². The maximum absolute atomic E-state index is 13.1. The summed E-state index contributed by atoms with van der Waals surface area (Å²) in [6.07, 6.45) is 1.10. The van der Waals surface area contributed by atoms with Gasteiger partial charge in [-0.2, -0.15) is 0 Å². The van der Waals surface area contributed by atoms with Gasteiger partial charge in [-0.3, -0.25) is 14.4 Å². The summed E-state index contributed by atoms with van der Waals surface area (Å²) >= 11 is 0. The van der Waals surface area contributed by atoms with Crippen LogP contribution in [0.1, 0.15) is 34.6 Å². The van der Waals surface area contributed by atoms with Crippen molar-refractivity contribution in [2.24, 2.45) is 0 Å². The Morgan fingerprint density at radius 3 is 1.42 bits per heavy atom. The molecular weight excluding hydrogens is 642 g/mol. The third-order valence-electron chi connectivity index (χ3n) is 6.60. The van der Waals surface area contributed by atoms with Crippen molar-refractivity contribution in [1.29, 1.82) is 0 Å². The van der Waals surface area contributed by atoms with Crippen LogP contribution in [0, 0.1) is 0 Å². The van der Waals surface area contributed by atoms with Crippen molar-refractivity contribution < 1.29 is 73.6 Å². The van der Waals surface area contributed by atoms with Gasteiger partial charge in [-0.15, -0.1) is 0 Å². The lowest BCUT2D eigenvalue weighted by molar-refractivity contribution is -0.161. The second kappa shape index (κ2) is 15.7. The standard InChI is InChI=1S/C30H31N3O15/c1-3-14(22(37)13(2)34)25(40)31-17-10-46-29(44)19(33-27(42)16-7-5-9-21(36)24(16)39)12-48-30(45)18(11-47-28(17)43)32-26(41)15-6-4-8-20(35)23(15)38/h3-9,17-19,34-39H,10-12H2,1-2H3,(H,31,40)(H,32,41)(H,33,42)/b14-3+,22-13-. The Morgan fingerprint density at radius 2 is 1.06 bits per heavy atom. The molecule has 0 radical (unpaired) electrons. The fourth-order valence-electron chi connectivity index (χ4n) is 4.01. The first-order chi connectivity index (χ1) is 22.7. The summed E-state index contributed by atoms with van der Waals surface area (Å²) in [5, 5.41) is 65.8. The number of esters is 3. The number of benzene rings is 2. The molecule has 0 aromatic heterocycles. The van der Waals surface area contributed by atoms with Crippen molar-refractivity contribution in [3.8, 4) is 23.0 Å². The van der Waals surface area contributed by atoms with Crippen LogP contribution in [0.25, 0.3) is 0 Å². The number of allylic oxidation sites excluding steroid dienone is 2. The number of aliphatic hydroxyl groups is 2. The van der Waals surface area contributed by atoms with Gasteiger partial charge < -0.3 is 60.8 Å². The number of cyclic esters (lactones) is 3. The van der Waals surface area contributed by atoms with Gasteiger partial charge in [0.15, 0.2) is 46.9 Å². The maximum Gasteiger partial charge on any atom is 0.332 e. The molecule has 3 amide bonds. The van der Waals surface area contributed by atoms with Gasteiger partial charge in [-0.1, -0.05) is 18.2 Å². The molecule has 1 heterocycles. The molecule has 0 aliphatic carbocycles. The highest BCUT2D eigenvalue weighted by molar-refractivity contribution is 6.01. The lowest BCUT2D eigenvalue weighted by Crippen LogP contribution is -2.53. The van der Waals surface area contributed by atoms with Crippen LogP contribution in [0.2, 0.25) is 0 Å². The van der Waals surface area contributed by atoms with Gasteiger partial charge in [0.2, 0.25) is 0 Å². The number of aromatic hydroxyl groups is 4. The molecule has 0 saturated carbocycles. The number of phenolic OH excluding ortho intramolecular Hbond substituents is 4. The highest BCUT2D eigenvalue weighted by atomic mass is 16.6. The average Bonchev–Trinajstić information content (AvgIpc) is 3.04. The van der Waals surface area contributed by atoms with Gasteiger partial charge in [0.1, 0.15) is 25.6 Å². The topological polar surface area (TPSA) is 288 Å². The highest BCUT2D eigenvalue weighted by Crippen LogP contribution is 2.29. The van der Waals surface area contributed by atoms with Gasteiger partial charge in [-0.05, 0) is 38.1 Å². The SMILES string of the molecule is C/C=C(C(=O)NC1COC(=O)C(NC(=O)c2cccc(O)c2O)COC(=O)C(NC(=O)c2cccc(O)c2O)COC1=O)\C(O)=C(/C)O. The van der Waals surface area contributed by atoms with E-state index in [9.17, 15) is 59.4 Å². The molecule has 48 heavy (non-hydrogen) atoms. The molecule has 2 aromatic carbocycles. The van der Waals surface area contributed by atoms with E-state index in [0.717, 1.165) is 37.3 Å². The lowest BCUT2D eigenvalue weighted by atomic mass is 10.1. The Hall–Kier alpha value is -6.46. The van der Waals surface area contributed by atoms with E-state index in [-0.39, 0.29) is 0 Å². The van der Waals surface area contributed by atoms with E-state index in [2.05, 4.69) is 16.0 Å². The summed E-state index contributed by atoms with van der Waals surface area (Å²) in [6, 6.07) is 1.26. The monoisotopic (exact) mass is 673 g/mol. The minimum Gasteiger partial charge on any atom is -0.509 e. The zero-order valence-corrected chi connectivity index (χ0v) is 25.3. The summed E-state index contributed by atoms with van der Waals surface area (Å²) < 4.78 is 15.3. The molecule has 3 rings (SSSR count). The predicted molar refractivity (Wildman–Crippen MR) is 159 cm³/mol. The van der Waals surface area contributed by atoms with E-state index in [1.807, 2.05) is 0 Å². The van der Waals surface area contributed by atoms with Gasteiger partial charge in [0, 0.05) is 0 Å². The number of phenols is 4. The molecule has 18 nitrogen and oxygen atoms in total. The van der Waals surface area contributed by atoms with E-state index in [4.69, 9.17) is 14.2 Å². The van der Waals surface area contributed by atoms with Gasteiger partial charge >= 0.3 is 17.9 Å². The molecular formula is C30H31N3O15. The Kier molecular flexibility index (Phi) is 11.8. The fraction of sp³-hybridized carbons (Fsp3) is 0.267. The molecule has 18 heteroatoms. The third kappa shape index (κ3) is 8.62. The minimum absolute atomic E-state index is 0.490. The van der Waals surface area contributed by atoms with Crippen molar-refractivity contribution in [2.45, 2.75) is 32.0 Å². The van der Waals surface area contributed by atoms with Crippen molar-refractivity contribution >= 4 is 35.6 Å². The summed E-state index contributed by atoms with van der Waals surface area (Å²) in [4.78, 5) is 77.9. The number of aliphatic hydroxyl groups excluding tert-OH is 2. The lowest BCUT2D eigenvalue weighted by Gasteiger charge is -2.25. The summed E-state index contributed by atoms with van der Waals surface area (Å²) in [5.74, 6) is -11.9. The Balaban J connectivity index is 1.95. The van der Waals surface area contributed by atoms with Crippen LogP contribution in [0.5, 0.6) is 23.0 Å². The first-order valence-electron chi connectivity index (χ1n) is 13.9. The van der Waals surface area contributed by atoms with Crippen LogP contribution in [-0.4, -0.2) is 104 Å². The molecule has 1 saturated heterocycles. The smallest absolute Gasteiger partial charge is 0.332 e. The molecule has 3 atom stereocenters. The van der Waals surface area contributed by atoms with E-state index >= 15 is 0 Å². The Bertz CT molecular complexity index is 1620. The number of hydrogen-bond acceptors (Lipinski definition) is 15. The van der Waals surface area contributed by atoms with E-state index in [1.165, 1.54) is 19.1 Å². The first-order valence-corrected chi connectivity index (χ1v) is 13.9. The molecule has 1 fully saturated rings. The van der Waals surface area contributed by atoms with Crippen LogP contribution in [0.15, 0.2) is 59.6 Å². The van der Waals surface area contributed by atoms with E-state index in [0.29, 0.717) is 0 Å². The number of carbonyl (C=O) groups is 6.